The van der Waals surface area contributed by atoms with Crippen LogP contribution in [0.1, 0.15) is 12.0 Å². The van der Waals surface area contributed by atoms with Crippen LogP contribution in [-0.2, 0) is 0 Å². The lowest BCUT2D eigenvalue weighted by Crippen LogP contribution is -1.88. The van der Waals surface area contributed by atoms with Gasteiger partial charge in [-0.1, -0.05) is 11.8 Å². The molecule has 0 unspecified atom stereocenters. The first-order chi connectivity index (χ1) is 6.77. The van der Waals surface area contributed by atoms with Crippen LogP contribution >= 0.6 is 11.6 Å². The fourth-order valence-electron chi connectivity index (χ4n) is 0.983. The molecule has 1 nitrogen and oxygen atoms in total. The van der Waals surface area contributed by atoms with Gasteiger partial charge in [0.25, 0.3) is 0 Å². The second-order valence-corrected chi connectivity index (χ2v) is 2.96. The zero-order chi connectivity index (χ0) is 10.4. The summed E-state index contributed by atoms with van der Waals surface area (Å²) in [5.41, 5.74) is 0.553. The molecule has 3 heteroatoms. The molecule has 0 spiro atoms. The Morgan fingerprint density at radius 3 is 2.93 bits per heavy atom. The number of halogens is 2. The predicted octanol–water partition coefficient (Wildman–Crippen LogP) is 2.81. The molecule has 0 saturated carbocycles. The van der Waals surface area contributed by atoms with Gasteiger partial charge in [0, 0.05) is 12.3 Å². The topological polar surface area (TPSA) is 9.23 Å². The van der Waals surface area contributed by atoms with Crippen molar-refractivity contribution in [2.75, 3.05) is 13.0 Å². The highest BCUT2D eigenvalue weighted by molar-refractivity contribution is 6.18. The molecule has 1 rings (SSSR count). The molecule has 0 N–H and O–H groups in total. The van der Waals surface area contributed by atoms with Gasteiger partial charge in [-0.2, -0.15) is 0 Å². The molecule has 0 aromatic heterocycles. The number of hydrogen-bond acceptors (Lipinski definition) is 1. The molecule has 0 aliphatic rings. The van der Waals surface area contributed by atoms with E-state index in [4.69, 9.17) is 16.3 Å². The first kappa shape index (κ1) is 10.9. The highest BCUT2D eigenvalue weighted by Gasteiger charge is 2.00. The van der Waals surface area contributed by atoms with E-state index in [1.54, 1.807) is 6.07 Å². The Morgan fingerprint density at radius 2 is 2.29 bits per heavy atom. The molecule has 0 saturated heterocycles. The summed E-state index contributed by atoms with van der Waals surface area (Å²) in [5.74, 6) is 6.37. The van der Waals surface area contributed by atoms with E-state index in [1.165, 1.54) is 19.2 Å². The van der Waals surface area contributed by atoms with Gasteiger partial charge >= 0.3 is 0 Å². The predicted molar refractivity (Wildman–Crippen MR) is 55.2 cm³/mol. The first-order valence-corrected chi connectivity index (χ1v) is 4.69. The number of ether oxygens (including phenoxy) is 1. The molecule has 1 aromatic rings. The third kappa shape index (κ3) is 2.93. The zero-order valence-corrected chi connectivity index (χ0v) is 8.57. The van der Waals surface area contributed by atoms with Crippen molar-refractivity contribution in [3.05, 3.63) is 29.6 Å². The van der Waals surface area contributed by atoms with Gasteiger partial charge in [-0.3, -0.25) is 0 Å². The first-order valence-electron chi connectivity index (χ1n) is 4.16. The van der Waals surface area contributed by atoms with Gasteiger partial charge in [0.15, 0.2) is 0 Å². The second-order valence-electron chi connectivity index (χ2n) is 2.59. The summed E-state index contributed by atoms with van der Waals surface area (Å²) in [5, 5.41) is 0. The van der Waals surface area contributed by atoms with Crippen LogP contribution in [0.15, 0.2) is 18.2 Å². The van der Waals surface area contributed by atoms with Gasteiger partial charge in [-0.25, -0.2) is 4.39 Å². The molecular formula is C11H10ClFO. The Kier molecular flexibility index (Phi) is 4.28. The standard InChI is InChI=1S/C11H10ClFO/c1-14-11-6-5-10(13)8-9(11)4-2-3-7-12/h5-6,8H,3,7H2,1H3. The van der Waals surface area contributed by atoms with Gasteiger partial charge in [0.1, 0.15) is 11.6 Å². The third-order valence-corrected chi connectivity index (χ3v) is 1.79. The minimum absolute atomic E-state index is 0.319. The largest absolute Gasteiger partial charge is 0.495 e. The lowest BCUT2D eigenvalue weighted by molar-refractivity contribution is 0.412. The van der Waals surface area contributed by atoms with Gasteiger partial charge in [0.05, 0.1) is 12.7 Å². The van der Waals surface area contributed by atoms with E-state index >= 15 is 0 Å². The van der Waals surface area contributed by atoms with Crippen molar-refractivity contribution in [2.24, 2.45) is 0 Å². The number of rotatable bonds is 2. The molecular weight excluding hydrogens is 203 g/mol. The van der Waals surface area contributed by atoms with E-state index in [-0.39, 0.29) is 5.82 Å². The van der Waals surface area contributed by atoms with Crippen molar-refractivity contribution in [2.45, 2.75) is 6.42 Å². The molecule has 0 radical (unpaired) electrons. The Hall–Kier alpha value is -1.20. The molecule has 74 valence electrons. The summed E-state index contributed by atoms with van der Waals surface area (Å²) in [7, 11) is 1.53. The Balaban J connectivity index is 2.94. The lowest BCUT2D eigenvalue weighted by atomic mass is 10.2. The van der Waals surface area contributed by atoms with Crippen LogP contribution in [0.5, 0.6) is 5.75 Å². The maximum Gasteiger partial charge on any atom is 0.134 e. The number of methoxy groups -OCH3 is 1. The Morgan fingerprint density at radius 1 is 1.50 bits per heavy atom. The average Bonchev–Trinajstić information content (AvgIpc) is 2.19. The number of hydrogen-bond donors (Lipinski definition) is 0. The smallest absolute Gasteiger partial charge is 0.134 e. The summed E-state index contributed by atoms with van der Waals surface area (Å²) in [6.45, 7) is 0. The minimum atomic E-state index is -0.319. The SMILES string of the molecule is COc1ccc(F)cc1C#CCCCl. The summed E-state index contributed by atoms with van der Waals surface area (Å²) in [6, 6.07) is 4.24. The van der Waals surface area contributed by atoms with Crippen LogP contribution in [0.4, 0.5) is 4.39 Å². The van der Waals surface area contributed by atoms with Gasteiger partial charge < -0.3 is 4.74 Å². The zero-order valence-electron chi connectivity index (χ0n) is 7.81. The summed E-state index contributed by atoms with van der Waals surface area (Å²) in [6.07, 6.45) is 0.585. The van der Waals surface area contributed by atoms with Crippen molar-refractivity contribution in [3.63, 3.8) is 0 Å². The molecule has 1 aromatic carbocycles. The fraction of sp³-hybridized carbons (Fsp3) is 0.273. The van der Waals surface area contributed by atoms with E-state index in [2.05, 4.69) is 11.8 Å². The van der Waals surface area contributed by atoms with Crippen molar-refractivity contribution < 1.29 is 9.13 Å². The van der Waals surface area contributed by atoms with Crippen LogP contribution in [0.3, 0.4) is 0 Å². The summed E-state index contributed by atoms with van der Waals surface area (Å²) < 4.78 is 17.9. The third-order valence-electron chi connectivity index (χ3n) is 1.60. The Bertz CT molecular complexity index is 365. The average molecular weight is 213 g/mol. The number of benzene rings is 1. The highest BCUT2D eigenvalue weighted by Crippen LogP contribution is 2.17. The molecule has 0 bridgehead atoms. The summed E-state index contributed by atoms with van der Waals surface area (Å²) in [4.78, 5) is 0. The second kappa shape index (κ2) is 5.51. The molecule has 0 atom stereocenters. The molecule has 14 heavy (non-hydrogen) atoms. The number of alkyl halides is 1. The van der Waals surface area contributed by atoms with Crippen LogP contribution in [0, 0.1) is 17.7 Å². The fourth-order valence-corrected chi connectivity index (χ4v) is 1.08. The van der Waals surface area contributed by atoms with Crippen LogP contribution < -0.4 is 4.74 Å². The van der Waals surface area contributed by atoms with Crippen molar-refractivity contribution in [3.8, 4) is 17.6 Å². The molecule has 0 aliphatic heterocycles. The normalized spacial score (nSPS) is 9.07. The van der Waals surface area contributed by atoms with E-state index in [0.717, 1.165) is 0 Å². The van der Waals surface area contributed by atoms with E-state index in [0.29, 0.717) is 23.6 Å². The van der Waals surface area contributed by atoms with Crippen molar-refractivity contribution >= 4 is 11.6 Å². The van der Waals surface area contributed by atoms with Crippen LogP contribution in [0.25, 0.3) is 0 Å². The van der Waals surface area contributed by atoms with Crippen LogP contribution in [0.2, 0.25) is 0 Å². The Labute approximate surface area is 87.8 Å². The lowest BCUT2D eigenvalue weighted by Gasteiger charge is -2.01. The van der Waals surface area contributed by atoms with Crippen LogP contribution in [-0.4, -0.2) is 13.0 Å². The molecule has 0 amide bonds. The molecule has 0 aliphatic carbocycles. The molecule has 0 heterocycles. The minimum Gasteiger partial charge on any atom is -0.495 e. The molecule has 0 fully saturated rings. The van der Waals surface area contributed by atoms with Crippen molar-refractivity contribution in [1.29, 1.82) is 0 Å². The summed E-state index contributed by atoms with van der Waals surface area (Å²) >= 11 is 5.46. The monoisotopic (exact) mass is 212 g/mol. The highest BCUT2D eigenvalue weighted by atomic mass is 35.5. The van der Waals surface area contributed by atoms with Crippen molar-refractivity contribution in [1.82, 2.24) is 0 Å². The van der Waals surface area contributed by atoms with E-state index in [1.807, 2.05) is 0 Å². The maximum absolute atomic E-state index is 12.8. The van der Waals surface area contributed by atoms with E-state index < -0.39 is 0 Å². The van der Waals surface area contributed by atoms with Gasteiger partial charge in [-0.05, 0) is 18.2 Å². The quantitative estimate of drug-likeness (QED) is 0.541. The van der Waals surface area contributed by atoms with Gasteiger partial charge in [0.2, 0.25) is 0 Å². The maximum atomic E-state index is 12.8. The van der Waals surface area contributed by atoms with Gasteiger partial charge in [-0.15, -0.1) is 11.6 Å². The van der Waals surface area contributed by atoms with E-state index in [9.17, 15) is 4.39 Å².